The van der Waals surface area contributed by atoms with Gasteiger partial charge in [0.2, 0.25) is 0 Å². The second-order valence-electron chi connectivity index (χ2n) is 6.37. The highest BCUT2D eigenvalue weighted by Gasteiger charge is 2.44. The second kappa shape index (κ2) is 7.52. The van der Waals surface area contributed by atoms with E-state index in [0.29, 0.717) is 0 Å². The fourth-order valence-corrected chi connectivity index (χ4v) is 4.71. The van der Waals surface area contributed by atoms with E-state index >= 15 is 0 Å². The Morgan fingerprint density at radius 3 is 1.85 bits per heavy atom. The van der Waals surface area contributed by atoms with Gasteiger partial charge in [-0.2, -0.15) is 0 Å². The lowest BCUT2D eigenvalue weighted by molar-refractivity contribution is 0.0578. The maximum Gasteiger partial charge on any atom is 0.361 e. The van der Waals surface area contributed by atoms with E-state index in [-0.39, 0.29) is 18.3 Å². The molecule has 0 saturated heterocycles. The first-order valence-corrected chi connectivity index (χ1v) is 11.7. The lowest BCUT2D eigenvalue weighted by Gasteiger charge is -2.40. The van der Waals surface area contributed by atoms with Crippen molar-refractivity contribution in [3.63, 3.8) is 0 Å². The minimum absolute atomic E-state index is 0.0161. The molecule has 0 fully saturated rings. The lowest BCUT2D eigenvalue weighted by Crippen LogP contribution is -2.46. The summed E-state index contributed by atoms with van der Waals surface area (Å²) < 4.78 is 28.9. The van der Waals surface area contributed by atoms with Crippen LogP contribution in [0.1, 0.15) is 41.5 Å². The minimum Gasteiger partial charge on any atom is -0.411 e. The molecule has 1 N–H and O–H groups in total. The van der Waals surface area contributed by atoms with E-state index in [9.17, 15) is 9.67 Å². The fourth-order valence-electron chi connectivity index (χ4n) is 1.51. The van der Waals surface area contributed by atoms with Crippen LogP contribution in [0.3, 0.4) is 0 Å². The van der Waals surface area contributed by atoms with Gasteiger partial charge in [0.05, 0.1) is 19.3 Å². The van der Waals surface area contributed by atoms with Gasteiger partial charge in [-0.1, -0.05) is 20.8 Å². The topological polar surface area (TPSA) is 65.0 Å². The first-order valence-electron chi connectivity index (χ1n) is 7.16. The minimum atomic E-state index is -3.55. The average molecular weight is 326 g/mol. The van der Waals surface area contributed by atoms with Crippen LogP contribution in [0.25, 0.3) is 0 Å². The van der Waals surface area contributed by atoms with Crippen LogP contribution in [0.2, 0.25) is 18.1 Å². The highest BCUT2D eigenvalue weighted by atomic mass is 31.2. The van der Waals surface area contributed by atoms with Gasteiger partial charge in [0.25, 0.3) is 0 Å². The number of aliphatic hydroxyl groups is 1. The Kier molecular flexibility index (Phi) is 7.63. The Morgan fingerprint density at radius 1 is 1.15 bits per heavy atom. The largest absolute Gasteiger partial charge is 0.411 e. The first-order chi connectivity index (χ1) is 8.91. The number of aliphatic hydroxyl groups excluding tert-OH is 1. The zero-order chi connectivity index (χ0) is 16.2. The van der Waals surface area contributed by atoms with Gasteiger partial charge in [-0.15, -0.1) is 0 Å². The summed E-state index contributed by atoms with van der Waals surface area (Å²) in [7, 11) is -5.60. The summed E-state index contributed by atoms with van der Waals surface area (Å²) in [4.78, 5) is 0. The van der Waals surface area contributed by atoms with E-state index in [1.807, 2.05) is 0 Å². The molecule has 0 unspecified atom stereocenters. The summed E-state index contributed by atoms with van der Waals surface area (Å²) >= 11 is 0. The summed E-state index contributed by atoms with van der Waals surface area (Å²) in [6, 6.07) is 0. The molecule has 7 heteroatoms. The van der Waals surface area contributed by atoms with Crippen molar-refractivity contribution in [1.82, 2.24) is 0 Å². The second-order valence-corrected chi connectivity index (χ2v) is 13.3. The summed E-state index contributed by atoms with van der Waals surface area (Å²) in [5.74, 6) is -1.27. The molecule has 0 aromatic heterocycles. The van der Waals surface area contributed by atoms with E-state index < -0.39 is 27.9 Å². The van der Waals surface area contributed by atoms with Gasteiger partial charge in [0.15, 0.2) is 14.2 Å². The van der Waals surface area contributed by atoms with Crippen LogP contribution < -0.4 is 0 Å². The standard InChI is InChI=1S/C13H31O5PSi/c1-9-16-19(15,17-10-2)12(14)11(3)18-20(7,8)13(4,5)6/h11-12,14H,9-10H2,1-8H3/t11-,12-/m0/s1. The third-order valence-electron chi connectivity index (χ3n) is 3.65. The maximum absolute atomic E-state index is 12.5. The average Bonchev–Trinajstić information content (AvgIpc) is 2.26. The van der Waals surface area contributed by atoms with E-state index in [1.165, 1.54) is 0 Å². The van der Waals surface area contributed by atoms with Crippen molar-refractivity contribution in [3.8, 4) is 0 Å². The Hall–Kier alpha value is 0.287. The molecule has 0 amide bonds. The summed E-state index contributed by atoms with van der Waals surface area (Å²) in [5.41, 5.74) is 0. The van der Waals surface area contributed by atoms with Crippen LogP contribution in [0, 0.1) is 0 Å². The zero-order valence-corrected chi connectivity index (χ0v) is 16.0. The SMILES string of the molecule is CCOP(=O)(OCC)[C@H](O)[C@H](C)O[Si](C)(C)C(C)(C)C. The lowest BCUT2D eigenvalue weighted by atomic mass is 10.2. The van der Waals surface area contributed by atoms with Crippen LogP contribution in [-0.4, -0.2) is 38.6 Å². The number of hydrogen-bond donors (Lipinski definition) is 1. The van der Waals surface area contributed by atoms with Crippen LogP contribution in [-0.2, 0) is 18.0 Å². The first kappa shape index (κ1) is 20.3. The third-order valence-corrected chi connectivity index (χ3v) is 10.5. The molecule has 0 aromatic rings. The van der Waals surface area contributed by atoms with E-state index in [1.54, 1.807) is 20.8 Å². The van der Waals surface area contributed by atoms with Crippen LogP contribution >= 0.6 is 7.60 Å². The summed E-state index contributed by atoms with van der Waals surface area (Å²) in [6.45, 7) is 16.1. The van der Waals surface area contributed by atoms with E-state index in [4.69, 9.17) is 13.5 Å². The molecule has 0 rings (SSSR count). The molecule has 0 aliphatic carbocycles. The van der Waals surface area contributed by atoms with E-state index in [2.05, 4.69) is 33.9 Å². The Balaban J connectivity index is 5.00. The predicted molar refractivity (Wildman–Crippen MR) is 84.6 cm³/mol. The summed E-state index contributed by atoms with van der Waals surface area (Å²) in [5, 5.41) is 10.3. The van der Waals surface area contributed by atoms with Gasteiger partial charge in [0, 0.05) is 0 Å². The molecule has 0 aliphatic rings. The molecule has 0 saturated carbocycles. The number of hydrogen-bond acceptors (Lipinski definition) is 5. The van der Waals surface area contributed by atoms with Crippen molar-refractivity contribution in [3.05, 3.63) is 0 Å². The Bertz CT molecular complexity index is 330. The normalized spacial score (nSPS) is 17.1. The van der Waals surface area contributed by atoms with Crippen molar-refractivity contribution in [2.45, 2.75) is 71.6 Å². The molecular formula is C13H31O5PSi. The highest BCUT2D eigenvalue weighted by Crippen LogP contribution is 2.54. The van der Waals surface area contributed by atoms with Crippen molar-refractivity contribution in [2.75, 3.05) is 13.2 Å². The molecule has 0 bridgehead atoms. The van der Waals surface area contributed by atoms with E-state index in [0.717, 1.165) is 0 Å². The highest BCUT2D eigenvalue weighted by molar-refractivity contribution is 7.54. The predicted octanol–water partition coefficient (Wildman–Crippen LogP) is 3.98. The molecular weight excluding hydrogens is 295 g/mol. The molecule has 122 valence electrons. The molecule has 0 aromatic carbocycles. The molecule has 0 heterocycles. The molecule has 0 radical (unpaired) electrons. The zero-order valence-electron chi connectivity index (χ0n) is 14.1. The Morgan fingerprint density at radius 2 is 1.55 bits per heavy atom. The molecule has 2 atom stereocenters. The fraction of sp³-hybridized carbons (Fsp3) is 1.00. The molecule has 20 heavy (non-hydrogen) atoms. The smallest absolute Gasteiger partial charge is 0.361 e. The number of rotatable bonds is 8. The van der Waals surface area contributed by atoms with Gasteiger partial charge in [0.1, 0.15) is 0 Å². The van der Waals surface area contributed by atoms with Gasteiger partial charge in [-0.25, -0.2) is 0 Å². The molecule has 0 spiro atoms. The van der Waals surface area contributed by atoms with Gasteiger partial charge < -0.3 is 18.6 Å². The molecule has 0 aliphatic heterocycles. The van der Waals surface area contributed by atoms with Gasteiger partial charge >= 0.3 is 7.60 Å². The van der Waals surface area contributed by atoms with Crippen molar-refractivity contribution in [2.24, 2.45) is 0 Å². The molecule has 5 nitrogen and oxygen atoms in total. The van der Waals surface area contributed by atoms with Crippen molar-refractivity contribution >= 4 is 15.9 Å². The maximum atomic E-state index is 12.5. The van der Waals surface area contributed by atoms with Crippen LogP contribution in [0.4, 0.5) is 0 Å². The Labute approximate surface area is 124 Å². The van der Waals surface area contributed by atoms with Crippen LogP contribution in [0.15, 0.2) is 0 Å². The monoisotopic (exact) mass is 326 g/mol. The van der Waals surface area contributed by atoms with Gasteiger partial charge in [-0.3, -0.25) is 4.57 Å². The third kappa shape index (κ3) is 5.24. The van der Waals surface area contributed by atoms with Gasteiger partial charge in [-0.05, 0) is 38.9 Å². The van der Waals surface area contributed by atoms with Crippen molar-refractivity contribution < 1.29 is 23.1 Å². The van der Waals surface area contributed by atoms with Crippen molar-refractivity contribution in [1.29, 1.82) is 0 Å². The van der Waals surface area contributed by atoms with Crippen LogP contribution in [0.5, 0.6) is 0 Å². The summed E-state index contributed by atoms with van der Waals surface area (Å²) in [6.07, 6.45) is -0.597. The quantitative estimate of drug-likeness (QED) is 0.540.